The molecule has 2 rings (SSSR count). The Kier molecular flexibility index (Phi) is 4.75. The van der Waals surface area contributed by atoms with E-state index in [9.17, 15) is 4.79 Å². The van der Waals surface area contributed by atoms with Crippen LogP contribution in [-0.4, -0.2) is 29.2 Å². The minimum absolute atomic E-state index is 0.227. The summed E-state index contributed by atoms with van der Waals surface area (Å²) in [6.45, 7) is 3.86. The van der Waals surface area contributed by atoms with E-state index in [0.717, 1.165) is 42.9 Å². The lowest BCUT2D eigenvalue weighted by atomic mass is 9.84. The zero-order valence-electron chi connectivity index (χ0n) is 12.4. The number of aromatic nitrogens is 1. The highest BCUT2D eigenvalue weighted by Gasteiger charge is 2.46. The summed E-state index contributed by atoms with van der Waals surface area (Å²) in [6.07, 6.45) is 3.88. The summed E-state index contributed by atoms with van der Waals surface area (Å²) >= 11 is 1.61. The first-order chi connectivity index (χ1) is 9.49. The van der Waals surface area contributed by atoms with Gasteiger partial charge in [0.15, 0.2) is 0 Å². The van der Waals surface area contributed by atoms with Crippen LogP contribution >= 0.6 is 11.8 Å². The van der Waals surface area contributed by atoms with E-state index in [2.05, 4.69) is 10.3 Å². The van der Waals surface area contributed by atoms with Crippen LogP contribution in [0.3, 0.4) is 0 Å². The van der Waals surface area contributed by atoms with Crippen molar-refractivity contribution in [2.45, 2.75) is 50.3 Å². The quantitative estimate of drug-likeness (QED) is 0.785. The number of rotatable bonds is 6. The Balaban J connectivity index is 1.91. The normalized spacial score (nSPS) is 26.1. The molecule has 0 radical (unpaired) electrons. The third kappa shape index (κ3) is 2.86. The van der Waals surface area contributed by atoms with Gasteiger partial charge >= 0.3 is 0 Å². The Bertz CT molecular complexity index is 469. The molecule has 6 heteroatoms. The summed E-state index contributed by atoms with van der Waals surface area (Å²) in [6, 6.07) is 0. The molecule has 1 aliphatic rings. The minimum Gasteiger partial charge on any atom is -0.437 e. The van der Waals surface area contributed by atoms with Crippen LogP contribution in [-0.2, 0) is 4.79 Å². The molecule has 1 saturated carbocycles. The highest BCUT2D eigenvalue weighted by molar-refractivity contribution is 7.99. The van der Waals surface area contributed by atoms with Crippen molar-refractivity contribution < 1.29 is 9.21 Å². The maximum atomic E-state index is 11.8. The van der Waals surface area contributed by atoms with Crippen molar-refractivity contribution in [2.75, 3.05) is 12.8 Å². The van der Waals surface area contributed by atoms with Gasteiger partial charge in [-0.25, -0.2) is 4.98 Å². The summed E-state index contributed by atoms with van der Waals surface area (Å²) < 4.78 is 5.55. The average Bonchev–Trinajstić information content (AvgIpc) is 2.95. The van der Waals surface area contributed by atoms with Gasteiger partial charge in [-0.15, -0.1) is 0 Å². The van der Waals surface area contributed by atoms with Crippen molar-refractivity contribution in [3.63, 3.8) is 0 Å². The van der Waals surface area contributed by atoms with Crippen LogP contribution in [0.4, 0.5) is 0 Å². The minimum atomic E-state index is -0.525. The van der Waals surface area contributed by atoms with Crippen LogP contribution in [0.5, 0.6) is 0 Å². The fourth-order valence-corrected chi connectivity index (χ4v) is 4.00. The maximum Gasteiger partial charge on any atom is 0.256 e. The molecule has 0 aromatic carbocycles. The summed E-state index contributed by atoms with van der Waals surface area (Å²) in [7, 11) is 1.83. The molecule has 2 unspecified atom stereocenters. The number of nitrogens with two attached hydrogens (primary N) is 1. The molecule has 112 valence electrons. The van der Waals surface area contributed by atoms with Gasteiger partial charge in [0.25, 0.3) is 5.22 Å². The molecule has 2 atom stereocenters. The number of aryl methyl sites for hydroxylation is 2. The molecule has 0 saturated heterocycles. The van der Waals surface area contributed by atoms with E-state index in [1.807, 2.05) is 20.9 Å². The third-order valence-electron chi connectivity index (χ3n) is 4.41. The van der Waals surface area contributed by atoms with Crippen LogP contribution in [0.1, 0.15) is 37.1 Å². The lowest BCUT2D eigenvalue weighted by molar-refractivity contribution is -0.125. The van der Waals surface area contributed by atoms with Crippen molar-refractivity contribution in [3.8, 4) is 0 Å². The van der Waals surface area contributed by atoms with Crippen molar-refractivity contribution in [1.82, 2.24) is 10.3 Å². The van der Waals surface area contributed by atoms with Crippen LogP contribution in [0, 0.1) is 19.8 Å². The first-order valence-electron chi connectivity index (χ1n) is 7.05. The number of carbonyl (C=O) groups excluding carboxylic acids is 1. The molecule has 5 nitrogen and oxygen atoms in total. The van der Waals surface area contributed by atoms with E-state index < -0.39 is 5.54 Å². The van der Waals surface area contributed by atoms with Gasteiger partial charge in [0.1, 0.15) is 11.3 Å². The SMILES string of the molecule is CNC1(C(N)=O)CCCC1CCSc1nc(C)c(C)o1. The maximum absolute atomic E-state index is 11.8. The molecule has 0 bridgehead atoms. The zero-order valence-corrected chi connectivity index (χ0v) is 13.2. The molecule has 1 amide bonds. The predicted molar refractivity (Wildman–Crippen MR) is 79.6 cm³/mol. The smallest absolute Gasteiger partial charge is 0.256 e. The van der Waals surface area contributed by atoms with Gasteiger partial charge in [0.05, 0.1) is 5.69 Å². The Morgan fingerprint density at radius 2 is 2.35 bits per heavy atom. The molecule has 1 aromatic rings. The van der Waals surface area contributed by atoms with E-state index in [1.165, 1.54) is 0 Å². The average molecular weight is 297 g/mol. The van der Waals surface area contributed by atoms with Crippen molar-refractivity contribution in [2.24, 2.45) is 11.7 Å². The van der Waals surface area contributed by atoms with Crippen LogP contribution in [0.15, 0.2) is 9.64 Å². The third-order valence-corrected chi connectivity index (χ3v) is 5.27. The number of oxazole rings is 1. The van der Waals surface area contributed by atoms with E-state index in [0.29, 0.717) is 11.1 Å². The van der Waals surface area contributed by atoms with Gasteiger partial charge in [-0.05, 0) is 46.1 Å². The second-order valence-electron chi connectivity index (χ2n) is 5.43. The Morgan fingerprint density at radius 1 is 1.60 bits per heavy atom. The Labute approximate surface area is 124 Å². The van der Waals surface area contributed by atoms with Crippen molar-refractivity contribution in [1.29, 1.82) is 0 Å². The summed E-state index contributed by atoms with van der Waals surface area (Å²) in [5.41, 5.74) is 6.02. The van der Waals surface area contributed by atoms with E-state index >= 15 is 0 Å². The summed E-state index contributed by atoms with van der Waals surface area (Å²) in [4.78, 5) is 16.1. The molecule has 1 aliphatic carbocycles. The van der Waals surface area contributed by atoms with Gasteiger partial charge in [-0.2, -0.15) is 0 Å². The van der Waals surface area contributed by atoms with Crippen LogP contribution in [0.25, 0.3) is 0 Å². The molecule has 0 aliphatic heterocycles. The van der Waals surface area contributed by atoms with Crippen molar-refractivity contribution >= 4 is 17.7 Å². The molecule has 1 heterocycles. The number of carbonyl (C=O) groups is 1. The monoisotopic (exact) mass is 297 g/mol. The standard InChI is InChI=1S/C14H23N3O2S/c1-9-10(2)19-13(17-9)20-8-6-11-5-4-7-14(11,16-3)12(15)18/h11,16H,4-8H2,1-3H3,(H2,15,18). The van der Waals surface area contributed by atoms with E-state index in [4.69, 9.17) is 10.2 Å². The van der Waals surface area contributed by atoms with E-state index in [-0.39, 0.29) is 5.91 Å². The van der Waals surface area contributed by atoms with Crippen LogP contribution < -0.4 is 11.1 Å². The lowest BCUT2D eigenvalue weighted by Gasteiger charge is -2.32. The van der Waals surface area contributed by atoms with Crippen LogP contribution in [0.2, 0.25) is 0 Å². The fourth-order valence-electron chi connectivity index (χ4n) is 3.04. The van der Waals surface area contributed by atoms with Gasteiger partial charge in [0.2, 0.25) is 5.91 Å². The van der Waals surface area contributed by atoms with Gasteiger partial charge in [-0.1, -0.05) is 18.2 Å². The summed E-state index contributed by atoms with van der Waals surface area (Å²) in [5, 5.41) is 3.88. The fraction of sp³-hybridized carbons (Fsp3) is 0.714. The zero-order chi connectivity index (χ0) is 14.8. The second kappa shape index (κ2) is 6.18. The molecular weight excluding hydrogens is 274 g/mol. The highest BCUT2D eigenvalue weighted by atomic mass is 32.2. The number of nitrogens with one attached hydrogen (secondary N) is 1. The van der Waals surface area contributed by atoms with Gasteiger partial charge in [-0.3, -0.25) is 4.79 Å². The number of hydrogen-bond donors (Lipinski definition) is 2. The second-order valence-corrected chi connectivity index (χ2v) is 6.48. The molecule has 3 N–H and O–H groups in total. The number of thioether (sulfide) groups is 1. The predicted octanol–water partition coefficient (Wildman–Crippen LogP) is 2.02. The van der Waals surface area contributed by atoms with Gasteiger partial charge < -0.3 is 15.5 Å². The molecule has 0 spiro atoms. The lowest BCUT2D eigenvalue weighted by Crippen LogP contribution is -2.56. The first kappa shape index (κ1) is 15.4. The number of primary amides is 1. The molecule has 1 aromatic heterocycles. The highest BCUT2D eigenvalue weighted by Crippen LogP contribution is 2.38. The largest absolute Gasteiger partial charge is 0.437 e. The molecule has 20 heavy (non-hydrogen) atoms. The summed E-state index contributed by atoms with van der Waals surface area (Å²) in [5.74, 6) is 1.83. The van der Waals surface area contributed by atoms with E-state index in [1.54, 1.807) is 11.8 Å². The molecular formula is C14H23N3O2S. The Morgan fingerprint density at radius 3 is 2.90 bits per heavy atom. The molecule has 1 fully saturated rings. The number of nitrogens with zero attached hydrogens (tertiary/aromatic N) is 1. The van der Waals surface area contributed by atoms with Gasteiger partial charge in [0, 0.05) is 5.75 Å². The topological polar surface area (TPSA) is 81.1 Å². The number of hydrogen-bond acceptors (Lipinski definition) is 5. The number of amides is 1. The van der Waals surface area contributed by atoms with Crippen molar-refractivity contribution in [3.05, 3.63) is 11.5 Å². The number of likely N-dealkylation sites (N-methyl/N-ethyl adjacent to an activating group) is 1. The first-order valence-corrected chi connectivity index (χ1v) is 8.04. The Hall–Kier alpha value is -1.01.